The van der Waals surface area contributed by atoms with E-state index in [0.717, 1.165) is 18.9 Å². The van der Waals surface area contributed by atoms with Crippen LogP contribution in [-0.2, 0) is 6.42 Å². The van der Waals surface area contributed by atoms with Crippen LogP contribution < -0.4 is 10.6 Å². The highest BCUT2D eigenvalue weighted by molar-refractivity contribution is 5.84. The van der Waals surface area contributed by atoms with Crippen LogP contribution >= 0.6 is 0 Å². The molecule has 0 saturated carbocycles. The van der Waals surface area contributed by atoms with Gasteiger partial charge in [0.1, 0.15) is 0 Å². The molecular formula is C21H33N5. The number of guanidine groups is 1. The van der Waals surface area contributed by atoms with Crippen molar-refractivity contribution in [2.24, 2.45) is 4.99 Å². The van der Waals surface area contributed by atoms with Crippen molar-refractivity contribution in [2.45, 2.75) is 45.6 Å². The zero-order valence-corrected chi connectivity index (χ0v) is 16.4. The number of aromatic nitrogens is 1. The van der Waals surface area contributed by atoms with E-state index in [0.29, 0.717) is 6.04 Å². The molecule has 1 aliphatic rings. The maximum absolute atomic E-state index is 4.40. The zero-order valence-electron chi connectivity index (χ0n) is 16.4. The van der Waals surface area contributed by atoms with Crippen LogP contribution in [0.15, 0.2) is 29.4 Å². The first kappa shape index (κ1) is 18.8. The molecule has 5 nitrogen and oxygen atoms in total. The van der Waals surface area contributed by atoms with Crippen LogP contribution in [0.4, 0.5) is 0 Å². The summed E-state index contributed by atoms with van der Waals surface area (Å²) in [5.74, 6) is 0.926. The molecule has 0 amide bonds. The van der Waals surface area contributed by atoms with Crippen LogP contribution in [-0.4, -0.2) is 55.1 Å². The van der Waals surface area contributed by atoms with Gasteiger partial charge in [-0.05, 0) is 56.3 Å². The number of likely N-dealkylation sites (tertiary alicyclic amines) is 1. The Kier molecular flexibility index (Phi) is 6.56. The number of aromatic amines is 1. The quantitative estimate of drug-likeness (QED) is 0.551. The summed E-state index contributed by atoms with van der Waals surface area (Å²) in [6, 6.07) is 7.13. The molecule has 0 atom stereocenters. The summed E-state index contributed by atoms with van der Waals surface area (Å²) >= 11 is 0. The first-order valence-corrected chi connectivity index (χ1v) is 9.95. The normalized spacial score (nSPS) is 17.0. The van der Waals surface area contributed by atoms with Crippen LogP contribution in [0.1, 0.15) is 37.3 Å². The summed E-state index contributed by atoms with van der Waals surface area (Å²) in [4.78, 5) is 10.3. The highest BCUT2D eigenvalue weighted by Crippen LogP contribution is 2.19. The van der Waals surface area contributed by atoms with Gasteiger partial charge in [0.15, 0.2) is 5.96 Å². The summed E-state index contributed by atoms with van der Waals surface area (Å²) in [7, 11) is 1.86. The van der Waals surface area contributed by atoms with E-state index in [4.69, 9.17) is 0 Å². The van der Waals surface area contributed by atoms with Gasteiger partial charge in [-0.3, -0.25) is 4.99 Å². The minimum absolute atomic E-state index is 0.533. The van der Waals surface area contributed by atoms with Crippen molar-refractivity contribution in [1.29, 1.82) is 0 Å². The summed E-state index contributed by atoms with van der Waals surface area (Å²) in [6.07, 6.45) is 6.75. The van der Waals surface area contributed by atoms with Gasteiger partial charge in [-0.15, -0.1) is 0 Å². The molecule has 1 aromatic carbocycles. The number of fused-ring (bicyclic) bond motifs is 1. The van der Waals surface area contributed by atoms with Gasteiger partial charge in [0, 0.05) is 49.8 Å². The van der Waals surface area contributed by atoms with Gasteiger partial charge in [-0.2, -0.15) is 0 Å². The summed E-state index contributed by atoms with van der Waals surface area (Å²) in [5.41, 5.74) is 3.87. The van der Waals surface area contributed by atoms with Crippen LogP contribution in [0.25, 0.3) is 10.9 Å². The molecule has 1 aromatic heterocycles. The second kappa shape index (κ2) is 9.08. The topological polar surface area (TPSA) is 55.4 Å². The number of benzene rings is 1. The van der Waals surface area contributed by atoms with Crippen molar-refractivity contribution in [1.82, 2.24) is 20.5 Å². The Morgan fingerprint density at radius 2 is 2.12 bits per heavy atom. The molecule has 1 aliphatic heterocycles. The molecule has 26 heavy (non-hydrogen) atoms. The molecule has 1 saturated heterocycles. The Bertz CT molecular complexity index is 725. The monoisotopic (exact) mass is 355 g/mol. The van der Waals surface area contributed by atoms with Crippen LogP contribution in [0.2, 0.25) is 0 Å². The fourth-order valence-electron chi connectivity index (χ4n) is 3.83. The molecule has 5 heteroatoms. The van der Waals surface area contributed by atoms with Crippen molar-refractivity contribution >= 4 is 16.9 Å². The molecule has 0 bridgehead atoms. The van der Waals surface area contributed by atoms with Gasteiger partial charge < -0.3 is 20.5 Å². The van der Waals surface area contributed by atoms with Gasteiger partial charge in [-0.25, -0.2) is 0 Å². The SMILES string of the molecule is CCCN1CCC(NC(=NC)NCCc2c[nH]c3cc(C)ccc23)CC1. The predicted octanol–water partition coefficient (Wildman–Crippen LogP) is 3.06. The molecular weight excluding hydrogens is 322 g/mol. The van der Waals surface area contributed by atoms with Crippen molar-refractivity contribution in [3.63, 3.8) is 0 Å². The Morgan fingerprint density at radius 3 is 2.85 bits per heavy atom. The highest BCUT2D eigenvalue weighted by atomic mass is 15.2. The second-order valence-electron chi connectivity index (χ2n) is 7.37. The second-order valence-corrected chi connectivity index (χ2v) is 7.37. The number of rotatable bonds is 6. The number of aryl methyl sites for hydroxylation is 1. The third kappa shape index (κ3) is 4.79. The summed E-state index contributed by atoms with van der Waals surface area (Å²) < 4.78 is 0. The lowest BCUT2D eigenvalue weighted by Gasteiger charge is -2.32. The number of nitrogens with one attached hydrogen (secondary N) is 3. The van der Waals surface area contributed by atoms with E-state index in [1.807, 2.05) is 7.05 Å². The van der Waals surface area contributed by atoms with E-state index in [-0.39, 0.29) is 0 Å². The minimum Gasteiger partial charge on any atom is -0.361 e. The first-order chi connectivity index (χ1) is 12.7. The number of nitrogens with zero attached hydrogens (tertiary/aromatic N) is 2. The fraction of sp³-hybridized carbons (Fsp3) is 0.571. The number of aliphatic imine (C=N–C) groups is 1. The highest BCUT2D eigenvalue weighted by Gasteiger charge is 2.19. The van der Waals surface area contributed by atoms with Gasteiger partial charge in [0.2, 0.25) is 0 Å². The maximum Gasteiger partial charge on any atom is 0.191 e. The Labute approximate surface area is 157 Å². The van der Waals surface area contributed by atoms with Crippen LogP contribution in [0, 0.1) is 6.92 Å². The van der Waals surface area contributed by atoms with Gasteiger partial charge >= 0.3 is 0 Å². The van der Waals surface area contributed by atoms with Gasteiger partial charge in [0.05, 0.1) is 0 Å². The number of hydrogen-bond acceptors (Lipinski definition) is 2. The van der Waals surface area contributed by atoms with Crippen LogP contribution in [0.5, 0.6) is 0 Å². The predicted molar refractivity (Wildman–Crippen MR) is 111 cm³/mol. The third-order valence-corrected chi connectivity index (χ3v) is 5.30. The van der Waals surface area contributed by atoms with Gasteiger partial charge in [0.25, 0.3) is 0 Å². The molecule has 0 radical (unpaired) electrons. The van der Waals surface area contributed by atoms with Crippen molar-refractivity contribution in [3.8, 4) is 0 Å². The minimum atomic E-state index is 0.533. The van der Waals surface area contributed by atoms with Crippen molar-refractivity contribution in [2.75, 3.05) is 33.2 Å². The molecule has 1 fully saturated rings. The molecule has 3 N–H and O–H groups in total. The zero-order chi connectivity index (χ0) is 18.4. The molecule has 0 spiro atoms. The lowest BCUT2D eigenvalue weighted by Crippen LogP contribution is -2.49. The molecule has 2 aromatic rings. The van der Waals surface area contributed by atoms with E-state index in [1.165, 1.54) is 60.9 Å². The standard InChI is InChI=1S/C21H33N5/c1-4-11-26-12-8-18(9-13-26)25-21(22-3)23-10-7-17-15-24-20-14-16(2)5-6-19(17)20/h5-6,14-15,18,24H,4,7-13H2,1-3H3,(H2,22,23,25). The molecule has 0 unspecified atom stereocenters. The molecule has 2 heterocycles. The largest absolute Gasteiger partial charge is 0.361 e. The van der Waals surface area contributed by atoms with Crippen molar-refractivity contribution in [3.05, 3.63) is 35.5 Å². The number of piperidine rings is 1. The van der Waals surface area contributed by atoms with Crippen LogP contribution in [0.3, 0.4) is 0 Å². The van der Waals surface area contributed by atoms with Crippen molar-refractivity contribution < 1.29 is 0 Å². The Balaban J connectivity index is 1.46. The molecule has 3 rings (SSSR count). The number of H-pyrrole nitrogens is 1. The summed E-state index contributed by atoms with van der Waals surface area (Å²) in [5, 5.41) is 8.40. The average molecular weight is 356 g/mol. The molecule has 142 valence electrons. The average Bonchev–Trinajstić information content (AvgIpc) is 3.04. The number of hydrogen-bond donors (Lipinski definition) is 3. The Hall–Kier alpha value is -2.01. The van der Waals surface area contributed by atoms with E-state index in [9.17, 15) is 0 Å². The summed E-state index contributed by atoms with van der Waals surface area (Å²) in [6.45, 7) is 8.88. The Morgan fingerprint density at radius 1 is 1.31 bits per heavy atom. The molecule has 0 aliphatic carbocycles. The smallest absolute Gasteiger partial charge is 0.191 e. The van der Waals surface area contributed by atoms with E-state index >= 15 is 0 Å². The van der Waals surface area contributed by atoms with E-state index in [2.05, 4.69) is 63.8 Å². The lowest BCUT2D eigenvalue weighted by molar-refractivity contribution is 0.206. The maximum atomic E-state index is 4.40. The lowest BCUT2D eigenvalue weighted by atomic mass is 10.1. The first-order valence-electron chi connectivity index (χ1n) is 9.95. The fourth-order valence-corrected chi connectivity index (χ4v) is 3.83. The third-order valence-electron chi connectivity index (χ3n) is 5.30. The van der Waals surface area contributed by atoms with Gasteiger partial charge in [-0.1, -0.05) is 19.1 Å². The van der Waals surface area contributed by atoms with E-state index < -0.39 is 0 Å². The van der Waals surface area contributed by atoms with E-state index in [1.54, 1.807) is 0 Å².